The third-order valence-corrected chi connectivity index (χ3v) is 3.91. The van der Waals surface area contributed by atoms with Crippen LogP contribution in [0.25, 0.3) is 0 Å². The molecule has 4 heteroatoms. The quantitative estimate of drug-likeness (QED) is 0.744. The van der Waals surface area contributed by atoms with Crippen molar-refractivity contribution in [1.82, 2.24) is 10.2 Å². The summed E-state index contributed by atoms with van der Waals surface area (Å²) in [6, 6.07) is 0.449. The lowest BCUT2D eigenvalue weighted by Crippen LogP contribution is -2.48. The zero-order valence-electron chi connectivity index (χ0n) is 9.95. The Morgan fingerprint density at radius 1 is 1.19 bits per heavy atom. The number of piperidine rings is 1. The van der Waals surface area contributed by atoms with Gasteiger partial charge in [-0.3, -0.25) is 0 Å². The molecule has 0 aromatic rings. The van der Waals surface area contributed by atoms with E-state index in [-0.39, 0.29) is 6.03 Å². The largest absolute Gasteiger partial charge is 0.335 e. The van der Waals surface area contributed by atoms with Crippen LogP contribution < -0.4 is 11.1 Å². The van der Waals surface area contributed by atoms with Crippen LogP contribution in [0.2, 0.25) is 0 Å². The van der Waals surface area contributed by atoms with Gasteiger partial charge in [0.15, 0.2) is 0 Å². The maximum atomic E-state index is 12.0. The van der Waals surface area contributed by atoms with Gasteiger partial charge in [-0.05, 0) is 44.6 Å². The second-order valence-corrected chi connectivity index (χ2v) is 5.03. The van der Waals surface area contributed by atoms with Crippen molar-refractivity contribution < 1.29 is 4.79 Å². The number of carbonyl (C=O) groups is 1. The molecule has 0 radical (unpaired) electrons. The molecule has 0 spiro atoms. The summed E-state index contributed by atoms with van der Waals surface area (Å²) in [7, 11) is 0. The summed E-state index contributed by atoms with van der Waals surface area (Å²) < 4.78 is 0. The van der Waals surface area contributed by atoms with Crippen LogP contribution in [0.5, 0.6) is 0 Å². The molecule has 0 aromatic carbocycles. The Bertz CT molecular complexity index is 238. The van der Waals surface area contributed by atoms with E-state index in [9.17, 15) is 4.79 Å². The SMILES string of the molecule is NCC1CCCC1NC(=O)N1CCCCC1. The van der Waals surface area contributed by atoms with Gasteiger partial charge in [0, 0.05) is 19.1 Å². The molecule has 0 bridgehead atoms. The summed E-state index contributed by atoms with van der Waals surface area (Å²) in [5, 5.41) is 3.16. The number of likely N-dealkylation sites (tertiary alicyclic amines) is 1. The summed E-state index contributed by atoms with van der Waals surface area (Å²) in [6.07, 6.45) is 7.03. The molecule has 2 amide bonds. The molecule has 1 saturated heterocycles. The van der Waals surface area contributed by atoms with E-state index >= 15 is 0 Å². The van der Waals surface area contributed by atoms with Crippen molar-refractivity contribution >= 4 is 6.03 Å². The molecule has 4 nitrogen and oxygen atoms in total. The Balaban J connectivity index is 1.81. The Labute approximate surface area is 97.6 Å². The van der Waals surface area contributed by atoms with Crippen LogP contribution in [0.1, 0.15) is 38.5 Å². The maximum Gasteiger partial charge on any atom is 0.317 e. The zero-order chi connectivity index (χ0) is 11.4. The van der Waals surface area contributed by atoms with Crippen molar-refractivity contribution in [1.29, 1.82) is 0 Å². The number of rotatable bonds is 2. The number of amides is 2. The van der Waals surface area contributed by atoms with Crippen molar-refractivity contribution in [2.45, 2.75) is 44.6 Å². The molecule has 1 saturated carbocycles. The number of hydrogen-bond donors (Lipinski definition) is 2. The molecule has 3 N–H and O–H groups in total. The zero-order valence-corrected chi connectivity index (χ0v) is 9.95. The standard InChI is InChI=1S/C12H23N3O/c13-9-10-5-4-6-11(10)14-12(16)15-7-2-1-3-8-15/h10-11H,1-9,13H2,(H,14,16). The first-order valence-electron chi connectivity index (χ1n) is 6.57. The van der Waals surface area contributed by atoms with Crippen LogP contribution in [-0.4, -0.2) is 36.6 Å². The lowest BCUT2D eigenvalue weighted by molar-refractivity contribution is 0.180. The van der Waals surface area contributed by atoms with Gasteiger partial charge in [-0.2, -0.15) is 0 Å². The monoisotopic (exact) mass is 225 g/mol. The highest BCUT2D eigenvalue weighted by molar-refractivity contribution is 5.74. The Morgan fingerprint density at radius 3 is 2.62 bits per heavy atom. The van der Waals surface area contributed by atoms with Gasteiger partial charge >= 0.3 is 6.03 Å². The third kappa shape index (κ3) is 2.67. The molecule has 2 unspecified atom stereocenters. The van der Waals surface area contributed by atoms with Crippen LogP contribution in [0, 0.1) is 5.92 Å². The lowest BCUT2D eigenvalue weighted by atomic mass is 10.0. The van der Waals surface area contributed by atoms with Crippen molar-refractivity contribution in [2.24, 2.45) is 11.7 Å². The summed E-state index contributed by atoms with van der Waals surface area (Å²) in [5.41, 5.74) is 5.71. The molecule has 2 atom stereocenters. The number of nitrogens with one attached hydrogen (secondary N) is 1. The molecule has 2 aliphatic rings. The average molecular weight is 225 g/mol. The van der Waals surface area contributed by atoms with Crippen LogP contribution in [0.4, 0.5) is 4.79 Å². The molecule has 16 heavy (non-hydrogen) atoms. The second-order valence-electron chi connectivity index (χ2n) is 5.03. The Hall–Kier alpha value is -0.770. The van der Waals surface area contributed by atoms with E-state index in [2.05, 4.69) is 5.32 Å². The summed E-state index contributed by atoms with van der Waals surface area (Å²) >= 11 is 0. The molecule has 1 aliphatic carbocycles. The minimum absolute atomic E-state index is 0.130. The van der Waals surface area contributed by atoms with Crippen LogP contribution in [0.3, 0.4) is 0 Å². The minimum Gasteiger partial charge on any atom is -0.335 e. The summed E-state index contributed by atoms with van der Waals surface area (Å²) in [5.74, 6) is 0.494. The normalized spacial score (nSPS) is 30.4. The highest BCUT2D eigenvalue weighted by Gasteiger charge is 2.28. The molecule has 0 aromatic heterocycles. The number of hydrogen-bond acceptors (Lipinski definition) is 2. The molecule has 92 valence electrons. The van der Waals surface area contributed by atoms with E-state index in [1.54, 1.807) is 0 Å². The number of urea groups is 1. The molecule has 2 rings (SSSR count). The molecular weight excluding hydrogens is 202 g/mol. The predicted molar refractivity (Wildman–Crippen MR) is 64.1 cm³/mol. The van der Waals surface area contributed by atoms with Crippen LogP contribution >= 0.6 is 0 Å². The fourth-order valence-corrected chi connectivity index (χ4v) is 2.86. The van der Waals surface area contributed by atoms with E-state index in [0.29, 0.717) is 18.5 Å². The first-order chi connectivity index (χ1) is 7.81. The average Bonchev–Trinajstić information content (AvgIpc) is 2.77. The lowest BCUT2D eigenvalue weighted by Gasteiger charge is -2.29. The highest BCUT2D eigenvalue weighted by Crippen LogP contribution is 2.24. The van der Waals surface area contributed by atoms with E-state index < -0.39 is 0 Å². The predicted octanol–water partition coefficient (Wildman–Crippen LogP) is 1.31. The smallest absolute Gasteiger partial charge is 0.317 e. The maximum absolute atomic E-state index is 12.0. The fourth-order valence-electron chi connectivity index (χ4n) is 2.86. The number of carbonyl (C=O) groups excluding carboxylic acids is 1. The van der Waals surface area contributed by atoms with Gasteiger partial charge in [0.1, 0.15) is 0 Å². The topological polar surface area (TPSA) is 58.4 Å². The van der Waals surface area contributed by atoms with Gasteiger partial charge in [0.2, 0.25) is 0 Å². The molecule has 2 fully saturated rings. The number of nitrogens with zero attached hydrogens (tertiary/aromatic N) is 1. The van der Waals surface area contributed by atoms with Crippen molar-refractivity contribution in [3.05, 3.63) is 0 Å². The highest BCUT2D eigenvalue weighted by atomic mass is 16.2. The summed E-state index contributed by atoms with van der Waals surface area (Å²) in [6.45, 7) is 2.54. The van der Waals surface area contributed by atoms with E-state index in [0.717, 1.165) is 32.4 Å². The first kappa shape index (κ1) is 11.7. The van der Waals surface area contributed by atoms with Crippen LogP contribution in [-0.2, 0) is 0 Å². The van der Waals surface area contributed by atoms with E-state index in [1.807, 2.05) is 4.90 Å². The molecule has 1 heterocycles. The summed E-state index contributed by atoms with van der Waals surface area (Å²) in [4.78, 5) is 13.9. The second kappa shape index (κ2) is 5.53. The van der Waals surface area contributed by atoms with Gasteiger partial charge in [0.05, 0.1) is 0 Å². The van der Waals surface area contributed by atoms with Crippen molar-refractivity contribution in [3.8, 4) is 0 Å². The van der Waals surface area contributed by atoms with E-state index in [4.69, 9.17) is 5.73 Å². The first-order valence-corrected chi connectivity index (χ1v) is 6.57. The van der Waals surface area contributed by atoms with Gasteiger partial charge in [0.25, 0.3) is 0 Å². The van der Waals surface area contributed by atoms with Gasteiger partial charge < -0.3 is 16.0 Å². The number of nitrogens with two attached hydrogens (primary N) is 1. The Morgan fingerprint density at radius 2 is 1.94 bits per heavy atom. The minimum atomic E-state index is 0.130. The third-order valence-electron chi connectivity index (χ3n) is 3.91. The van der Waals surface area contributed by atoms with Gasteiger partial charge in [-0.1, -0.05) is 6.42 Å². The van der Waals surface area contributed by atoms with E-state index in [1.165, 1.54) is 19.3 Å². The van der Waals surface area contributed by atoms with Crippen molar-refractivity contribution in [3.63, 3.8) is 0 Å². The molecule has 1 aliphatic heterocycles. The van der Waals surface area contributed by atoms with Crippen LogP contribution in [0.15, 0.2) is 0 Å². The molecular formula is C12H23N3O. The van der Waals surface area contributed by atoms with Crippen molar-refractivity contribution in [2.75, 3.05) is 19.6 Å². The fraction of sp³-hybridized carbons (Fsp3) is 0.917. The van der Waals surface area contributed by atoms with Gasteiger partial charge in [-0.15, -0.1) is 0 Å². The van der Waals surface area contributed by atoms with Gasteiger partial charge in [-0.25, -0.2) is 4.79 Å². The Kier molecular flexibility index (Phi) is 4.04.